The molecule has 0 aliphatic rings. The van der Waals surface area contributed by atoms with E-state index in [2.05, 4.69) is 30.5 Å². The van der Waals surface area contributed by atoms with E-state index in [0.717, 1.165) is 4.47 Å². The summed E-state index contributed by atoms with van der Waals surface area (Å²) in [6.07, 6.45) is 0. The summed E-state index contributed by atoms with van der Waals surface area (Å²) in [5.74, 6) is 0.340. The number of halogens is 1. The number of aromatic amines is 1. The van der Waals surface area contributed by atoms with Crippen LogP contribution in [0.1, 0.15) is 6.92 Å². The summed E-state index contributed by atoms with van der Waals surface area (Å²) in [7, 11) is -4.12. The normalized spacial score (nSPS) is 12.2. The van der Waals surface area contributed by atoms with Gasteiger partial charge in [0.15, 0.2) is 5.69 Å². The van der Waals surface area contributed by atoms with Gasteiger partial charge in [-0.3, -0.25) is 0 Å². The van der Waals surface area contributed by atoms with E-state index >= 15 is 0 Å². The second-order valence-electron chi connectivity index (χ2n) is 6.21. The van der Waals surface area contributed by atoms with Crippen molar-refractivity contribution in [1.82, 2.24) is 4.98 Å². The lowest BCUT2D eigenvalue weighted by Crippen LogP contribution is -1.99. The third-order valence-electron chi connectivity index (χ3n) is 4.38. The number of H-pyrrole nitrogens is 1. The van der Waals surface area contributed by atoms with E-state index in [1.807, 2.05) is 13.0 Å². The largest absolute Gasteiger partial charge is 0.493 e. The topological polar surface area (TPSA) is 104 Å². The summed E-state index contributed by atoms with van der Waals surface area (Å²) in [5, 5.41) is 15.7. The maximum absolute atomic E-state index is 12.9. The first-order valence-corrected chi connectivity index (χ1v) is 11.0. The molecular weight excluding hydrogens is 458 g/mol. The minimum Gasteiger partial charge on any atom is -0.493 e. The van der Waals surface area contributed by atoms with Crippen LogP contribution in [0.5, 0.6) is 11.6 Å². The molecule has 0 atom stereocenters. The fourth-order valence-corrected chi connectivity index (χ4v) is 4.46. The number of aromatic nitrogens is 1. The van der Waals surface area contributed by atoms with Crippen molar-refractivity contribution < 1.29 is 18.3 Å². The minimum absolute atomic E-state index is 0.0146. The molecule has 4 rings (SSSR count). The number of fused-ring (bicyclic) bond motifs is 2. The Kier molecular flexibility index (Phi) is 5.01. The van der Waals surface area contributed by atoms with E-state index in [4.69, 9.17) is 4.74 Å². The predicted molar refractivity (Wildman–Crippen MR) is 114 cm³/mol. The molecule has 0 fully saturated rings. The molecule has 0 bridgehead atoms. The van der Waals surface area contributed by atoms with Gasteiger partial charge in [-0.2, -0.15) is 8.42 Å². The number of benzene rings is 3. The molecular formula is C20H16BrN3O4S. The molecule has 7 nitrogen and oxygen atoms in total. The number of rotatable bonds is 5. The van der Waals surface area contributed by atoms with Crippen LogP contribution in [-0.2, 0) is 10.0 Å². The standard InChI is InChI=1S/C20H16BrN3O4S/c1-2-28-17-9-10-18(14-6-4-3-5-13(14)17)29(26,27)24-23-19-15-11-12(21)7-8-16(15)22-20(19)25/h3-11,22,25H,2H2,1H3. The lowest BCUT2D eigenvalue weighted by molar-refractivity contribution is 0.344. The smallest absolute Gasteiger partial charge is 0.300 e. The van der Waals surface area contributed by atoms with Crippen molar-refractivity contribution in [2.75, 3.05) is 6.61 Å². The summed E-state index contributed by atoms with van der Waals surface area (Å²) >= 11 is 3.35. The lowest BCUT2D eigenvalue weighted by atomic mass is 10.1. The van der Waals surface area contributed by atoms with E-state index in [1.165, 1.54) is 6.07 Å². The number of nitrogens with zero attached hydrogens (tertiary/aromatic N) is 2. The highest BCUT2D eigenvalue weighted by molar-refractivity contribution is 9.10. The molecule has 3 aromatic carbocycles. The van der Waals surface area contributed by atoms with Gasteiger partial charge in [0, 0.05) is 20.6 Å². The highest BCUT2D eigenvalue weighted by Crippen LogP contribution is 2.38. The summed E-state index contributed by atoms with van der Waals surface area (Å²) in [5.41, 5.74) is 0.670. The molecule has 1 aromatic heterocycles. The molecule has 1 heterocycles. The van der Waals surface area contributed by atoms with Gasteiger partial charge < -0.3 is 14.8 Å². The minimum atomic E-state index is -4.12. The van der Waals surface area contributed by atoms with Crippen molar-refractivity contribution in [3.05, 3.63) is 59.1 Å². The SMILES string of the molecule is CCOc1ccc(S(=O)(=O)N=Nc2c(O)[nH]c3ccc(Br)cc23)c2ccccc12. The second kappa shape index (κ2) is 7.49. The van der Waals surface area contributed by atoms with Gasteiger partial charge in [0.05, 0.1) is 17.0 Å². The van der Waals surface area contributed by atoms with Crippen LogP contribution < -0.4 is 4.74 Å². The second-order valence-corrected chi connectivity index (χ2v) is 8.68. The van der Waals surface area contributed by atoms with Gasteiger partial charge in [0.2, 0.25) is 5.88 Å². The van der Waals surface area contributed by atoms with E-state index in [0.29, 0.717) is 34.0 Å². The van der Waals surface area contributed by atoms with E-state index in [-0.39, 0.29) is 16.5 Å². The average molecular weight is 474 g/mol. The molecule has 0 saturated carbocycles. The zero-order valence-corrected chi connectivity index (χ0v) is 17.7. The highest BCUT2D eigenvalue weighted by atomic mass is 79.9. The van der Waals surface area contributed by atoms with Crippen molar-refractivity contribution >= 4 is 53.3 Å². The molecule has 0 aliphatic carbocycles. The molecule has 0 amide bonds. The zero-order valence-electron chi connectivity index (χ0n) is 15.3. The molecule has 0 saturated heterocycles. The third kappa shape index (κ3) is 3.58. The van der Waals surface area contributed by atoms with E-state index in [9.17, 15) is 13.5 Å². The highest BCUT2D eigenvalue weighted by Gasteiger charge is 2.20. The van der Waals surface area contributed by atoms with Crippen LogP contribution in [0.15, 0.2) is 73.6 Å². The summed E-state index contributed by atoms with van der Waals surface area (Å²) in [6.45, 7) is 2.32. The maximum atomic E-state index is 12.9. The molecule has 0 aliphatic heterocycles. The van der Waals surface area contributed by atoms with Crippen LogP contribution in [-0.4, -0.2) is 25.1 Å². The van der Waals surface area contributed by atoms with Crippen molar-refractivity contribution in [2.45, 2.75) is 11.8 Å². The van der Waals surface area contributed by atoms with Gasteiger partial charge in [0.1, 0.15) is 5.75 Å². The van der Waals surface area contributed by atoms with Crippen molar-refractivity contribution in [2.24, 2.45) is 9.63 Å². The van der Waals surface area contributed by atoms with Crippen LogP contribution in [0.2, 0.25) is 0 Å². The van der Waals surface area contributed by atoms with Gasteiger partial charge in [-0.05, 0) is 37.3 Å². The third-order valence-corrected chi connectivity index (χ3v) is 6.09. The number of aromatic hydroxyl groups is 1. The van der Waals surface area contributed by atoms with Crippen LogP contribution in [0.25, 0.3) is 21.7 Å². The summed E-state index contributed by atoms with van der Waals surface area (Å²) in [4.78, 5) is 2.77. The van der Waals surface area contributed by atoms with Gasteiger partial charge in [-0.25, -0.2) is 0 Å². The van der Waals surface area contributed by atoms with Crippen molar-refractivity contribution in [3.63, 3.8) is 0 Å². The lowest BCUT2D eigenvalue weighted by Gasteiger charge is -2.10. The number of ether oxygens (including phenoxy) is 1. The van der Waals surface area contributed by atoms with Crippen molar-refractivity contribution in [1.29, 1.82) is 0 Å². The number of hydrogen-bond acceptors (Lipinski definition) is 5. The zero-order chi connectivity index (χ0) is 20.6. The Hall–Kier alpha value is -2.91. The molecule has 9 heteroatoms. The molecule has 4 aromatic rings. The summed E-state index contributed by atoms with van der Waals surface area (Å²) < 4.78 is 35.8. The Morgan fingerprint density at radius 3 is 2.59 bits per heavy atom. The first-order valence-electron chi connectivity index (χ1n) is 8.73. The van der Waals surface area contributed by atoms with Crippen LogP contribution >= 0.6 is 15.9 Å². The molecule has 0 radical (unpaired) electrons. The van der Waals surface area contributed by atoms with E-state index < -0.39 is 10.0 Å². The first kappa shape index (κ1) is 19.4. The van der Waals surface area contributed by atoms with E-state index in [1.54, 1.807) is 42.5 Å². The van der Waals surface area contributed by atoms with Crippen LogP contribution in [0, 0.1) is 0 Å². The van der Waals surface area contributed by atoms with Gasteiger partial charge in [-0.15, -0.1) is 5.11 Å². The Labute approximate surface area is 175 Å². The Morgan fingerprint density at radius 2 is 1.83 bits per heavy atom. The number of hydrogen-bond donors (Lipinski definition) is 2. The number of nitrogens with one attached hydrogen (secondary N) is 1. The van der Waals surface area contributed by atoms with Gasteiger partial charge in [-0.1, -0.05) is 44.7 Å². The van der Waals surface area contributed by atoms with Crippen molar-refractivity contribution in [3.8, 4) is 11.6 Å². The van der Waals surface area contributed by atoms with Gasteiger partial charge >= 0.3 is 0 Å². The molecule has 0 unspecified atom stereocenters. The summed E-state index contributed by atoms with van der Waals surface area (Å²) in [6, 6.07) is 15.4. The monoisotopic (exact) mass is 473 g/mol. The predicted octanol–water partition coefficient (Wildman–Crippen LogP) is 5.66. The molecule has 148 valence electrons. The van der Waals surface area contributed by atoms with Crippen LogP contribution in [0.4, 0.5) is 5.69 Å². The fourth-order valence-electron chi connectivity index (χ4n) is 3.13. The Balaban J connectivity index is 1.82. The Bertz CT molecular complexity index is 1360. The first-order chi connectivity index (χ1) is 13.9. The number of sulfonamides is 1. The van der Waals surface area contributed by atoms with Gasteiger partial charge in [0.25, 0.3) is 10.0 Å². The maximum Gasteiger partial charge on any atom is 0.300 e. The molecule has 29 heavy (non-hydrogen) atoms. The quantitative estimate of drug-likeness (QED) is 0.364. The fraction of sp³-hybridized carbons (Fsp3) is 0.100. The molecule has 0 spiro atoms. The van der Waals surface area contributed by atoms with Crippen LogP contribution in [0.3, 0.4) is 0 Å². The Morgan fingerprint density at radius 1 is 1.07 bits per heavy atom. The average Bonchev–Trinajstić information content (AvgIpc) is 3.01. The molecule has 2 N–H and O–H groups in total.